The van der Waals surface area contributed by atoms with E-state index in [1.807, 2.05) is 36.1 Å². The Hall–Kier alpha value is -1.34. The largest absolute Gasteiger partial charge is 0.342 e. The van der Waals surface area contributed by atoms with Gasteiger partial charge in [0.05, 0.1) is 17.5 Å². The molecule has 5 nitrogen and oxygen atoms in total. The lowest BCUT2D eigenvalue weighted by Gasteiger charge is -2.24. The maximum atomic E-state index is 11.9. The van der Waals surface area contributed by atoms with Crippen LogP contribution in [0.3, 0.4) is 0 Å². The number of fused-ring (bicyclic) bond motifs is 1. The summed E-state index contributed by atoms with van der Waals surface area (Å²) >= 11 is 1.43. The monoisotopic (exact) mass is 352 g/mol. The van der Waals surface area contributed by atoms with Crippen LogP contribution in [0, 0.1) is 6.92 Å². The average Bonchev–Trinajstić information content (AvgIpc) is 2.94. The number of rotatable bonds is 3. The zero-order chi connectivity index (χ0) is 16.6. The molecule has 2 aliphatic rings. The normalized spacial score (nSPS) is 27.4. The van der Waals surface area contributed by atoms with Crippen molar-refractivity contribution in [2.45, 2.75) is 38.1 Å². The van der Waals surface area contributed by atoms with Crippen LogP contribution in [0.5, 0.6) is 0 Å². The number of sulfone groups is 1. The molecule has 1 aromatic carbocycles. The number of hydrogen-bond donors (Lipinski definition) is 0. The highest BCUT2D eigenvalue weighted by Gasteiger charge is 2.48. The zero-order valence-corrected chi connectivity index (χ0v) is 14.9. The van der Waals surface area contributed by atoms with Crippen molar-refractivity contribution in [2.75, 3.05) is 11.5 Å². The number of amidine groups is 1. The molecule has 0 bridgehead atoms. The van der Waals surface area contributed by atoms with Crippen molar-refractivity contribution in [3.05, 3.63) is 35.4 Å². The van der Waals surface area contributed by atoms with E-state index in [2.05, 4.69) is 4.99 Å². The van der Waals surface area contributed by atoms with E-state index in [0.29, 0.717) is 18.1 Å². The first-order chi connectivity index (χ1) is 10.9. The van der Waals surface area contributed by atoms with Gasteiger partial charge in [0.25, 0.3) is 0 Å². The third kappa shape index (κ3) is 3.61. The van der Waals surface area contributed by atoms with E-state index in [-0.39, 0.29) is 28.7 Å². The fourth-order valence-electron chi connectivity index (χ4n) is 2.90. The van der Waals surface area contributed by atoms with Crippen molar-refractivity contribution >= 4 is 32.7 Å². The summed E-state index contributed by atoms with van der Waals surface area (Å²) in [5.41, 5.74) is 2.28. The van der Waals surface area contributed by atoms with Crippen LogP contribution in [-0.2, 0) is 21.2 Å². The number of nitrogens with zero attached hydrogens (tertiary/aromatic N) is 2. The van der Waals surface area contributed by atoms with Gasteiger partial charge in [0.2, 0.25) is 5.91 Å². The van der Waals surface area contributed by atoms with Crippen LogP contribution in [0.1, 0.15) is 24.5 Å². The van der Waals surface area contributed by atoms with E-state index in [1.165, 1.54) is 17.3 Å². The first-order valence-electron chi connectivity index (χ1n) is 7.69. The molecule has 2 saturated heterocycles. The molecule has 3 rings (SSSR count). The minimum Gasteiger partial charge on any atom is -0.342 e. The van der Waals surface area contributed by atoms with Gasteiger partial charge < -0.3 is 4.90 Å². The van der Waals surface area contributed by atoms with Gasteiger partial charge >= 0.3 is 0 Å². The molecular weight excluding hydrogens is 332 g/mol. The van der Waals surface area contributed by atoms with Gasteiger partial charge in [0.15, 0.2) is 15.0 Å². The Bertz CT molecular complexity index is 741. The molecule has 0 aromatic heterocycles. The molecule has 7 heteroatoms. The van der Waals surface area contributed by atoms with Crippen molar-refractivity contribution in [3.63, 3.8) is 0 Å². The molecule has 0 unspecified atom stereocenters. The fraction of sp³-hybridized carbons (Fsp3) is 0.500. The molecular formula is C16H20N2O3S2. The minimum absolute atomic E-state index is 0.0196. The van der Waals surface area contributed by atoms with Crippen molar-refractivity contribution in [3.8, 4) is 0 Å². The highest BCUT2D eigenvalue weighted by molar-refractivity contribution is 8.15. The molecule has 0 spiro atoms. The van der Waals surface area contributed by atoms with Gasteiger partial charge in [-0.25, -0.2) is 8.42 Å². The van der Waals surface area contributed by atoms with Gasteiger partial charge in [0.1, 0.15) is 0 Å². The maximum absolute atomic E-state index is 11.9. The van der Waals surface area contributed by atoms with E-state index < -0.39 is 9.84 Å². The Kier molecular flexibility index (Phi) is 4.51. The molecule has 2 aliphatic heterocycles. The lowest BCUT2D eigenvalue weighted by Crippen LogP contribution is -2.37. The van der Waals surface area contributed by atoms with Gasteiger partial charge in [-0.05, 0) is 12.5 Å². The highest BCUT2D eigenvalue weighted by Crippen LogP contribution is 2.39. The second-order valence-corrected chi connectivity index (χ2v) is 9.42. The summed E-state index contributed by atoms with van der Waals surface area (Å²) in [5, 5.41) is 0.649. The zero-order valence-electron chi connectivity index (χ0n) is 13.2. The van der Waals surface area contributed by atoms with E-state index in [9.17, 15) is 13.2 Å². The predicted octanol–water partition coefficient (Wildman–Crippen LogP) is 2.00. The lowest BCUT2D eigenvalue weighted by molar-refractivity contribution is -0.117. The van der Waals surface area contributed by atoms with Gasteiger partial charge in [-0.2, -0.15) is 4.99 Å². The Morgan fingerprint density at radius 3 is 2.65 bits per heavy atom. The van der Waals surface area contributed by atoms with Gasteiger partial charge in [0, 0.05) is 18.2 Å². The third-order valence-electron chi connectivity index (χ3n) is 4.17. The predicted molar refractivity (Wildman–Crippen MR) is 93.3 cm³/mol. The second kappa shape index (κ2) is 6.28. The van der Waals surface area contributed by atoms with Crippen LogP contribution in [0.15, 0.2) is 29.3 Å². The van der Waals surface area contributed by atoms with Crippen molar-refractivity contribution in [2.24, 2.45) is 4.99 Å². The van der Waals surface area contributed by atoms with Crippen molar-refractivity contribution in [1.29, 1.82) is 0 Å². The quantitative estimate of drug-likeness (QED) is 0.832. The number of aryl methyl sites for hydroxylation is 1. The first-order valence-corrected chi connectivity index (χ1v) is 10.4. The number of carbonyl (C=O) groups excluding carboxylic acids is 1. The van der Waals surface area contributed by atoms with Crippen LogP contribution in [0.2, 0.25) is 0 Å². The summed E-state index contributed by atoms with van der Waals surface area (Å²) in [6.45, 7) is 4.39. The summed E-state index contributed by atoms with van der Waals surface area (Å²) < 4.78 is 23.9. The Labute approximate surface area is 141 Å². The van der Waals surface area contributed by atoms with Gasteiger partial charge in [-0.1, -0.05) is 48.5 Å². The Morgan fingerprint density at radius 2 is 2.00 bits per heavy atom. The summed E-state index contributed by atoms with van der Waals surface area (Å²) in [5.74, 6) is 0.159. The average molecular weight is 352 g/mol. The van der Waals surface area contributed by atoms with Crippen LogP contribution in [-0.4, -0.2) is 47.2 Å². The molecule has 1 aromatic rings. The van der Waals surface area contributed by atoms with E-state index in [4.69, 9.17) is 0 Å². The lowest BCUT2D eigenvalue weighted by atomic mass is 10.1. The van der Waals surface area contributed by atoms with E-state index in [1.54, 1.807) is 6.92 Å². The second-order valence-electron chi connectivity index (χ2n) is 6.06. The number of aliphatic imine (C=N–C) groups is 1. The molecule has 0 aliphatic carbocycles. The molecule has 0 saturated carbocycles. The standard InChI is InChI=1S/C16H20N2O3S2/c1-3-15(19)17-16-18(8-12-6-4-11(2)5-7-12)13-9-23(20,21)10-14(13)22-16/h4-7,13-14H,3,8-10H2,1-2H3/t13-,14-/m0/s1. The SMILES string of the molecule is CCC(=O)N=C1S[C@H]2CS(=O)(=O)C[C@@H]2N1Cc1ccc(C)cc1. The molecule has 1 amide bonds. The summed E-state index contributed by atoms with van der Waals surface area (Å²) in [6.07, 6.45) is 0.357. The molecule has 2 fully saturated rings. The van der Waals surface area contributed by atoms with Gasteiger partial charge in [-0.15, -0.1) is 0 Å². The topological polar surface area (TPSA) is 66.8 Å². The van der Waals surface area contributed by atoms with Gasteiger partial charge in [-0.3, -0.25) is 4.79 Å². The molecule has 2 atom stereocenters. The van der Waals surface area contributed by atoms with E-state index in [0.717, 1.165) is 5.56 Å². The number of amides is 1. The number of benzene rings is 1. The van der Waals surface area contributed by atoms with Crippen LogP contribution >= 0.6 is 11.8 Å². The van der Waals surface area contributed by atoms with Crippen LogP contribution < -0.4 is 0 Å². The number of thioether (sulfide) groups is 1. The number of hydrogen-bond acceptors (Lipinski definition) is 4. The molecule has 0 radical (unpaired) electrons. The summed E-state index contributed by atoms with van der Waals surface area (Å²) in [6, 6.07) is 8.06. The Balaban J connectivity index is 1.88. The number of carbonyl (C=O) groups is 1. The minimum atomic E-state index is -3.00. The molecule has 124 valence electrons. The van der Waals surface area contributed by atoms with E-state index >= 15 is 0 Å². The van der Waals surface area contributed by atoms with Crippen LogP contribution in [0.4, 0.5) is 0 Å². The summed E-state index contributed by atoms with van der Waals surface area (Å²) in [7, 11) is -3.00. The fourth-order valence-corrected chi connectivity index (χ4v) is 6.86. The Morgan fingerprint density at radius 1 is 1.30 bits per heavy atom. The molecule has 0 N–H and O–H groups in total. The molecule has 23 heavy (non-hydrogen) atoms. The highest BCUT2D eigenvalue weighted by atomic mass is 32.2. The first kappa shape index (κ1) is 16.5. The van der Waals surface area contributed by atoms with Crippen molar-refractivity contribution in [1.82, 2.24) is 4.90 Å². The van der Waals surface area contributed by atoms with Crippen LogP contribution in [0.25, 0.3) is 0 Å². The van der Waals surface area contributed by atoms with Crippen molar-refractivity contribution < 1.29 is 13.2 Å². The smallest absolute Gasteiger partial charge is 0.247 e. The summed E-state index contributed by atoms with van der Waals surface area (Å²) in [4.78, 5) is 17.9. The maximum Gasteiger partial charge on any atom is 0.247 e. The molecule has 2 heterocycles. The third-order valence-corrected chi connectivity index (χ3v) is 7.42.